The van der Waals surface area contributed by atoms with E-state index >= 15 is 0 Å². The fraction of sp³-hybridized carbons (Fsp3) is 0.700. The molecule has 0 aliphatic heterocycles. The second-order valence-corrected chi connectivity index (χ2v) is 4.06. The summed E-state index contributed by atoms with van der Waals surface area (Å²) in [5.41, 5.74) is 5.43. The van der Waals surface area contributed by atoms with Crippen LogP contribution in [0, 0.1) is 5.92 Å². The van der Waals surface area contributed by atoms with Crippen molar-refractivity contribution in [3.05, 3.63) is 12.0 Å². The summed E-state index contributed by atoms with van der Waals surface area (Å²) < 4.78 is 5.32. The summed E-state index contributed by atoms with van der Waals surface area (Å²) in [6.45, 7) is 2.31. The predicted molar refractivity (Wildman–Crippen MR) is 51.3 cm³/mol. The third-order valence-corrected chi connectivity index (χ3v) is 2.96. The van der Waals surface area contributed by atoms with Gasteiger partial charge in [0.25, 0.3) is 6.01 Å². The van der Waals surface area contributed by atoms with Gasteiger partial charge in [-0.1, -0.05) is 19.8 Å². The minimum Gasteiger partial charge on any atom is -0.429 e. The smallest absolute Gasteiger partial charge is 0.292 e. The fourth-order valence-electron chi connectivity index (χ4n) is 2.03. The third-order valence-electron chi connectivity index (χ3n) is 2.96. The minimum atomic E-state index is 0.300. The molecule has 0 aromatic carbocycles. The van der Waals surface area contributed by atoms with Crippen molar-refractivity contribution in [2.45, 2.75) is 38.5 Å². The van der Waals surface area contributed by atoms with Gasteiger partial charge in [-0.2, -0.15) is 0 Å². The van der Waals surface area contributed by atoms with Gasteiger partial charge in [-0.3, -0.25) is 0 Å². The molecule has 2 rings (SSSR count). The molecule has 1 aliphatic carbocycles. The molecule has 3 heteroatoms. The molecule has 0 spiro atoms. The van der Waals surface area contributed by atoms with Crippen LogP contribution in [0.25, 0.3) is 0 Å². The molecule has 0 saturated heterocycles. The monoisotopic (exact) mass is 180 g/mol. The van der Waals surface area contributed by atoms with Gasteiger partial charge in [0.05, 0.1) is 6.20 Å². The highest BCUT2D eigenvalue weighted by Crippen LogP contribution is 2.35. The van der Waals surface area contributed by atoms with Crippen molar-refractivity contribution in [2.75, 3.05) is 5.73 Å². The maximum Gasteiger partial charge on any atom is 0.292 e. The highest BCUT2D eigenvalue weighted by Gasteiger charge is 2.22. The van der Waals surface area contributed by atoms with Crippen LogP contribution >= 0.6 is 0 Å². The number of rotatable bonds is 1. The number of nitrogens with two attached hydrogens (primary N) is 1. The molecule has 0 bridgehead atoms. The van der Waals surface area contributed by atoms with Crippen LogP contribution < -0.4 is 5.73 Å². The highest BCUT2D eigenvalue weighted by molar-refractivity contribution is 5.14. The molecule has 0 amide bonds. The van der Waals surface area contributed by atoms with E-state index in [4.69, 9.17) is 10.2 Å². The van der Waals surface area contributed by atoms with Gasteiger partial charge < -0.3 is 10.2 Å². The van der Waals surface area contributed by atoms with Crippen molar-refractivity contribution >= 4 is 6.01 Å². The molecule has 0 radical (unpaired) electrons. The van der Waals surface area contributed by atoms with Gasteiger partial charge in [-0.05, 0) is 18.8 Å². The molecule has 0 atom stereocenters. The van der Waals surface area contributed by atoms with E-state index in [0.717, 1.165) is 11.7 Å². The van der Waals surface area contributed by atoms with E-state index in [1.807, 2.05) is 0 Å². The summed E-state index contributed by atoms with van der Waals surface area (Å²) in [6, 6.07) is 0.300. The largest absolute Gasteiger partial charge is 0.429 e. The van der Waals surface area contributed by atoms with Crippen molar-refractivity contribution < 1.29 is 4.42 Å². The van der Waals surface area contributed by atoms with Gasteiger partial charge in [0, 0.05) is 5.92 Å². The lowest BCUT2D eigenvalue weighted by Crippen LogP contribution is -2.10. The van der Waals surface area contributed by atoms with Crippen LogP contribution in [-0.4, -0.2) is 4.98 Å². The first-order valence-electron chi connectivity index (χ1n) is 4.97. The van der Waals surface area contributed by atoms with E-state index in [0.29, 0.717) is 11.9 Å². The Bertz CT molecular complexity index is 274. The Labute approximate surface area is 78.3 Å². The van der Waals surface area contributed by atoms with Crippen molar-refractivity contribution in [1.82, 2.24) is 4.98 Å². The maximum absolute atomic E-state index is 5.43. The zero-order valence-electron chi connectivity index (χ0n) is 7.99. The van der Waals surface area contributed by atoms with Crippen molar-refractivity contribution in [2.24, 2.45) is 5.92 Å². The van der Waals surface area contributed by atoms with Crippen molar-refractivity contribution in [3.8, 4) is 0 Å². The van der Waals surface area contributed by atoms with Crippen LogP contribution in [0.2, 0.25) is 0 Å². The van der Waals surface area contributed by atoms with Crippen LogP contribution in [0.15, 0.2) is 10.6 Å². The van der Waals surface area contributed by atoms with Crippen LogP contribution in [-0.2, 0) is 0 Å². The summed E-state index contributed by atoms with van der Waals surface area (Å²) in [5, 5.41) is 0. The van der Waals surface area contributed by atoms with Crippen molar-refractivity contribution in [1.29, 1.82) is 0 Å². The second-order valence-electron chi connectivity index (χ2n) is 4.06. The topological polar surface area (TPSA) is 52.0 Å². The molecule has 1 fully saturated rings. The quantitative estimate of drug-likeness (QED) is 0.722. The van der Waals surface area contributed by atoms with Gasteiger partial charge >= 0.3 is 0 Å². The number of oxazole rings is 1. The molecule has 2 N–H and O–H groups in total. The van der Waals surface area contributed by atoms with E-state index in [2.05, 4.69) is 11.9 Å². The molecule has 3 nitrogen and oxygen atoms in total. The summed E-state index contributed by atoms with van der Waals surface area (Å²) in [5.74, 6) is 2.40. The average molecular weight is 180 g/mol. The standard InChI is InChI=1S/C10H16N2O/c1-7-2-4-8(5-3-7)9-6-12-10(11)13-9/h6-8H,2-5H2,1H3,(H2,11,12). The van der Waals surface area contributed by atoms with Crippen LogP contribution in [0.4, 0.5) is 6.01 Å². The summed E-state index contributed by atoms with van der Waals surface area (Å²) in [6.07, 6.45) is 6.80. The Morgan fingerprint density at radius 1 is 1.38 bits per heavy atom. The van der Waals surface area contributed by atoms with E-state index in [-0.39, 0.29) is 0 Å². The van der Waals surface area contributed by atoms with Gasteiger partial charge in [0.2, 0.25) is 0 Å². The predicted octanol–water partition coefficient (Wildman–Crippen LogP) is 2.55. The zero-order valence-corrected chi connectivity index (χ0v) is 7.99. The molecule has 1 saturated carbocycles. The van der Waals surface area contributed by atoms with Gasteiger partial charge in [0.15, 0.2) is 0 Å². The lowest BCUT2D eigenvalue weighted by molar-refractivity contribution is 0.317. The van der Waals surface area contributed by atoms with Gasteiger partial charge in [-0.25, -0.2) is 4.98 Å². The molecule has 72 valence electrons. The molecule has 1 aromatic rings. The number of hydrogen-bond donors (Lipinski definition) is 1. The Balaban J connectivity index is 2.02. The van der Waals surface area contributed by atoms with Crippen LogP contribution in [0.5, 0.6) is 0 Å². The van der Waals surface area contributed by atoms with Gasteiger partial charge in [0.1, 0.15) is 5.76 Å². The number of nitrogens with zero attached hydrogens (tertiary/aromatic N) is 1. The van der Waals surface area contributed by atoms with E-state index < -0.39 is 0 Å². The van der Waals surface area contributed by atoms with Crippen molar-refractivity contribution in [3.63, 3.8) is 0 Å². The number of nitrogen functional groups attached to an aromatic ring is 1. The van der Waals surface area contributed by atoms with Gasteiger partial charge in [-0.15, -0.1) is 0 Å². The summed E-state index contributed by atoms with van der Waals surface area (Å²) in [4.78, 5) is 3.92. The summed E-state index contributed by atoms with van der Waals surface area (Å²) in [7, 11) is 0. The van der Waals surface area contributed by atoms with E-state index in [9.17, 15) is 0 Å². The molecule has 1 heterocycles. The third kappa shape index (κ3) is 1.85. The molecular formula is C10H16N2O. The fourth-order valence-corrected chi connectivity index (χ4v) is 2.03. The Morgan fingerprint density at radius 2 is 2.08 bits per heavy atom. The van der Waals surface area contributed by atoms with Crippen LogP contribution in [0.3, 0.4) is 0 Å². The molecule has 1 aromatic heterocycles. The van der Waals surface area contributed by atoms with E-state index in [1.165, 1.54) is 25.7 Å². The van der Waals surface area contributed by atoms with Crippen LogP contribution in [0.1, 0.15) is 44.3 Å². The zero-order chi connectivity index (χ0) is 9.26. The lowest BCUT2D eigenvalue weighted by Gasteiger charge is -2.23. The number of anilines is 1. The second kappa shape index (κ2) is 3.40. The lowest BCUT2D eigenvalue weighted by atomic mass is 9.82. The minimum absolute atomic E-state index is 0.300. The molecular weight excluding hydrogens is 164 g/mol. The number of aromatic nitrogens is 1. The SMILES string of the molecule is CC1CCC(c2cnc(N)o2)CC1. The Hall–Kier alpha value is -0.990. The Morgan fingerprint density at radius 3 is 2.62 bits per heavy atom. The first-order chi connectivity index (χ1) is 6.25. The molecule has 13 heavy (non-hydrogen) atoms. The molecule has 1 aliphatic rings. The maximum atomic E-state index is 5.43. The summed E-state index contributed by atoms with van der Waals surface area (Å²) >= 11 is 0. The Kier molecular flexibility index (Phi) is 2.25. The normalized spacial score (nSPS) is 29.0. The molecule has 0 unspecified atom stereocenters. The highest BCUT2D eigenvalue weighted by atomic mass is 16.4. The van der Waals surface area contributed by atoms with E-state index in [1.54, 1.807) is 6.20 Å². The first kappa shape index (κ1) is 8.60. The number of hydrogen-bond acceptors (Lipinski definition) is 3. The average Bonchev–Trinajstić information content (AvgIpc) is 2.53. The first-order valence-corrected chi connectivity index (χ1v) is 4.97.